The van der Waals surface area contributed by atoms with E-state index in [9.17, 15) is 0 Å². The summed E-state index contributed by atoms with van der Waals surface area (Å²) in [5.41, 5.74) is 0. The molecule has 0 rings (SSSR count). The van der Waals surface area contributed by atoms with E-state index in [0.29, 0.717) is 6.10 Å². The molecule has 0 bridgehead atoms. The molecule has 0 spiro atoms. The van der Waals surface area contributed by atoms with Crippen LogP contribution in [0.5, 0.6) is 0 Å². The standard InChI is InChI=1S/C14H31NO2/c1-4-6-11-16-12-13-17-14(3)8-7-10-15-9-5-2/h14-15H,4-13H2,1-3H3. The highest BCUT2D eigenvalue weighted by atomic mass is 16.5. The lowest BCUT2D eigenvalue weighted by atomic mass is 10.2. The van der Waals surface area contributed by atoms with Crippen molar-refractivity contribution in [1.82, 2.24) is 5.32 Å². The zero-order valence-electron chi connectivity index (χ0n) is 12.0. The molecule has 0 aromatic rings. The quantitative estimate of drug-likeness (QED) is 0.506. The van der Waals surface area contributed by atoms with Crippen molar-refractivity contribution in [3.05, 3.63) is 0 Å². The van der Waals surface area contributed by atoms with Crippen LogP contribution in [0.2, 0.25) is 0 Å². The van der Waals surface area contributed by atoms with Crippen molar-refractivity contribution in [2.24, 2.45) is 0 Å². The molecule has 3 nitrogen and oxygen atoms in total. The highest BCUT2D eigenvalue weighted by Gasteiger charge is 2.01. The summed E-state index contributed by atoms with van der Waals surface area (Å²) in [7, 11) is 0. The normalized spacial score (nSPS) is 12.9. The zero-order valence-corrected chi connectivity index (χ0v) is 12.0. The molecule has 3 heteroatoms. The fourth-order valence-corrected chi connectivity index (χ4v) is 1.56. The smallest absolute Gasteiger partial charge is 0.0704 e. The molecule has 0 aliphatic heterocycles. The van der Waals surface area contributed by atoms with Crippen LogP contribution >= 0.6 is 0 Å². The summed E-state index contributed by atoms with van der Waals surface area (Å²) >= 11 is 0. The molecular weight excluding hydrogens is 214 g/mol. The first-order valence-corrected chi connectivity index (χ1v) is 7.21. The van der Waals surface area contributed by atoms with Gasteiger partial charge in [-0.3, -0.25) is 0 Å². The van der Waals surface area contributed by atoms with Gasteiger partial charge >= 0.3 is 0 Å². The average molecular weight is 245 g/mol. The van der Waals surface area contributed by atoms with Gasteiger partial charge < -0.3 is 14.8 Å². The van der Waals surface area contributed by atoms with Crippen LogP contribution in [0.4, 0.5) is 0 Å². The zero-order chi connectivity index (χ0) is 12.8. The van der Waals surface area contributed by atoms with Gasteiger partial charge in [-0.05, 0) is 45.7 Å². The molecule has 0 aliphatic carbocycles. The van der Waals surface area contributed by atoms with Crippen LogP contribution in [0.15, 0.2) is 0 Å². The van der Waals surface area contributed by atoms with Crippen molar-refractivity contribution in [1.29, 1.82) is 0 Å². The summed E-state index contributed by atoms with van der Waals surface area (Å²) < 4.78 is 11.1. The van der Waals surface area contributed by atoms with Crippen molar-refractivity contribution in [2.75, 3.05) is 32.9 Å². The Labute approximate surface area is 107 Å². The Morgan fingerprint density at radius 1 is 0.941 bits per heavy atom. The molecule has 0 radical (unpaired) electrons. The fraction of sp³-hybridized carbons (Fsp3) is 1.00. The lowest BCUT2D eigenvalue weighted by Gasteiger charge is -2.13. The topological polar surface area (TPSA) is 30.5 Å². The van der Waals surface area contributed by atoms with Crippen molar-refractivity contribution in [2.45, 2.75) is 59.0 Å². The minimum Gasteiger partial charge on any atom is -0.379 e. The van der Waals surface area contributed by atoms with E-state index in [1.165, 1.54) is 19.3 Å². The predicted octanol–water partition coefficient (Wildman–Crippen LogP) is 2.99. The third kappa shape index (κ3) is 13.8. The Bertz CT molecular complexity index is 142. The molecule has 0 saturated heterocycles. The second-order valence-corrected chi connectivity index (χ2v) is 4.54. The number of nitrogens with one attached hydrogen (secondary N) is 1. The summed E-state index contributed by atoms with van der Waals surface area (Å²) in [6.45, 7) is 11.1. The molecule has 1 N–H and O–H groups in total. The molecular formula is C14H31NO2. The summed E-state index contributed by atoms with van der Waals surface area (Å²) in [6.07, 6.45) is 6.24. The Morgan fingerprint density at radius 3 is 2.47 bits per heavy atom. The number of hydrogen-bond donors (Lipinski definition) is 1. The highest BCUT2D eigenvalue weighted by Crippen LogP contribution is 2.00. The van der Waals surface area contributed by atoms with Gasteiger partial charge in [0.05, 0.1) is 19.3 Å². The number of rotatable bonds is 13. The molecule has 1 atom stereocenters. The van der Waals surface area contributed by atoms with Gasteiger partial charge in [0, 0.05) is 6.61 Å². The molecule has 0 heterocycles. The maximum absolute atomic E-state index is 5.68. The van der Waals surface area contributed by atoms with Crippen molar-refractivity contribution in [3.63, 3.8) is 0 Å². The van der Waals surface area contributed by atoms with E-state index < -0.39 is 0 Å². The van der Waals surface area contributed by atoms with E-state index in [4.69, 9.17) is 9.47 Å². The van der Waals surface area contributed by atoms with Crippen molar-refractivity contribution >= 4 is 0 Å². The van der Waals surface area contributed by atoms with E-state index in [2.05, 4.69) is 26.1 Å². The number of unbranched alkanes of at least 4 members (excludes halogenated alkanes) is 1. The maximum atomic E-state index is 5.68. The fourth-order valence-electron chi connectivity index (χ4n) is 1.56. The van der Waals surface area contributed by atoms with E-state index in [1.807, 2.05) is 0 Å². The summed E-state index contributed by atoms with van der Waals surface area (Å²) in [4.78, 5) is 0. The first kappa shape index (κ1) is 16.9. The molecule has 0 fully saturated rings. The third-order valence-corrected chi connectivity index (χ3v) is 2.66. The van der Waals surface area contributed by atoms with Gasteiger partial charge in [-0.25, -0.2) is 0 Å². The molecule has 0 saturated carbocycles. The second kappa shape index (κ2) is 13.9. The van der Waals surface area contributed by atoms with Gasteiger partial charge in [0.1, 0.15) is 0 Å². The monoisotopic (exact) mass is 245 g/mol. The van der Waals surface area contributed by atoms with E-state index >= 15 is 0 Å². The molecule has 17 heavy (non-hydrogen) atoms. The Hall–Kier alpha value is -0.120. The molecule has 0 aromatic carbocycles. The van der Waals surface area contributed by atoms with Gasteiger partial charge in [0.2, 0.25) is 0 Å². The van der Waals surface area contributed by atoms with Crippen LogP contribution in [0.3, 0.4) is 0 Å². The maximum Gasteiger partial charge on any atom is 0.0704 e. The summed E-state index contributed by atoms with van der Waals surface area (Å²) in [5, 5.41) is 3.40. The number of ether oxygens (including phenoxy) is 2. The van der Waals surface area contributed by atoms with Gasteiger partial charge in [-0.1, -0.05) is 20.3 Å². The molecule has 0 aromatic heterocycles. The van der Waals surface area contributed by atoms with Crippen LogP contribution in [-0.4, -0.2) is 39.0 Å². The second-order valence-electron chi connectivity index (χ2n) is 4.54. The van der Waals surface area contributed by atoms with Crippen LogP contribution in [0.1, 0.15) is 52.9 Å². The van der Waals surface area contributed by atoms with E-state index in [1.54, 1.807) is 0 Å². The van der Waals surface area contributed by atoms with Gasteiger partial charge in [-0.2, -0.15) is 0 Å². The lowest BCUT2D eigenvalue weighted by molar-refractivity contribution is 0.00806. The average Bonchev–Trinajstić information content (AvgIpc) is 2.33. The van der Waals surface area contributed by atoms with Crippen LogP contribution < -0.4 is 5.32 Å². The van der Waals surface area contributed by atoms with Crippen LogP contribution in [-0.2, 0) is 9.47 Å². The molecule has 0 aliphatic rings. The van der Waals surface area contributed by atoms with Gasteiger partial charge in [0.15, 0.2) is 0 Å². The van der Waals surface area contributed by atoms with Crippen LogP contribution in [0.25, 0.3) is 0 Å². The summed E-state index contributed by atoms with van der Waals surface area (Å²) in [6, 6.07) is 0. The van der Waals surface area contributed by atoms with Gasteiger partial charge in [0.25, 0.3) is 0 Å². The van der Waals surface area contributed by atoms with E-state index in [-0.39, 0.29) is 0 Å². The minimum atomic E-state index is 0.355. The SMILES string of the molecule is CCCCOCCOC(C)CCCNCCC. The molecule has 1 unspecified atom stereocenters. The Balaban J connectivity index is 3.09. The first-order valence-electron chi connectivity index (χ1n) is 7.21. The largest absolute Gasteiger partial charge is 0.379 e. The lowest BCUT2D eigenvalue weighted by Crippen LogP contribution is -2.19. The van der Waals surface area contributed by atoms with Crippen molar-refractivity contribution in [3.8, 4) is 0 Å². The molecule has 0 amide bonds. The minimum absolute atomic E-state index is 0.355. The molecule has 104 valence electrons. The first-order chi connectivity index (χ1) is 8.31. The van der Waals surface area contributed by atoms with Gasteiger partial charge in [-0.15, -0.1) is 0 Å². The highest BCUT2D eigenvalue weighted by molar-refractivity contribution is 4.53. The third-order valence-electron chi connectivity index (χ3n) is 2.66. The number of hydrogen-bond acceptors (Lipinski definition) is 3. The predicted molar refractivity (Wildman–Crippen MR) is 73.5 cm³/mol. The van der Waals surface area contributed by atoms with Crippen molar-refractivity contribution < 1.29 is 9.47 Å². The Morgan fingerprint density at radius 2 is 1.76 bits per heavy atom. The summed E-state index contributed by atoms with van der Waals surface area (Å²) in [5.74, 6) is 0. The van der Waals surface area contributed by atoms with E-state index in [0.717, 1.165) is 45.8 Å². The Kier molecular flexibility index (Phi) is 13.8. The van der Waals surface area contributed by atoms with Crippen LogP contribution in [0, 0.1) is 0 Å².